The molecule has 0 aliphatic carbocycles. The average molecular weight is 334 g/mol. The van der Waals surface area contributed by atoms with Crippen molar-refractivity contribution in [3.63, 3.8) is 0 Å². The molecule has 4 heteroatoms. The van der Waals surface area contributed by atoms with Gasteiger partial charge in [-0.15, -0.1) is 11.6 Å². The van der Waals surface area contributed by atoms with Gasteiger partial charge in [-0.2, -0.15) is 0 Å². The van der Waals surface area contributed by atoms with Crippen LogP contribution in [0.5, 0.6) is 0 Å². The number of rotatable bonds is 2. The molecule has 0 saturated heterocycles. The summed E-state index contributed by atoms with van der Waals surface area (Å²) in [5.41, 5.74) is 4.12. The van der Waals surface area contributed by atoms with Crippen molar-refractivity contribution in [1.29, 1.82) is 0 Å². The van der Waals surface area contributed by atoms with Gasteiger partial charge in [-0.1, -0.05) is 35.9 Å². The number of para-hydroxylation sites is 1. The third kappa shape index (κ3) is 2.99. The van der Waals surface area contributed by atoms with Crippen molar-refractivity contribution in [3.05, 3.63) is 58.6 Å². The maximum Gasteiger partial charge on any atom is 0.233 e. The smallest absolute Gasteiger partial charge is 0.233 e. The summed E-state index contributed by atoms with van der Waals surface area (Å²) in [6.07, 6.45) is 2.09. The van der Waals surface area contributed by atoms with Crippen molar-refractivity contribution in [1.82, 2.24) is 0 Å². The Hall–Kier alpha value is -1.51. The monoisotopic (exact) mass is 333 g/mol. The highest BCUT2D eigenvalue weighted by molar-refractivity contribution is 6.31. The third-order valence-electron chi connectivity index (χ3n) is 3.89. The first-order valence-corrected chi connectivity index (χ1v) is 8.21. The van der Waals surface area contributed by atoms with Crippen LogP contribution in [0.2, 0.25) is 5.02 Å². The number of benzene rings is 2. The number of nitrogens with zero attached hydrogens (tertiary/aromatic N) is 1. The van der Waals surface area contributed by atoms with E-state index in [1.165, 1.54) is 5.56 Å². The van der Waals surface area contributed by atoms with E-state index in [1.54, 1.807) is 4.90 Å². The molecular weight excluding hydrogens is 317 g/mol. The molecule has 1 atom stereocenters. The highest BCUT2D eigenvalue weighted by Crippen LogP contribution is 2.38. The van der Waals surface area contributed by atoms with Gasteiger partial charge < -0.3 is 0 Å². The Labute approximate surface area is 140 Å². The zero-order chi connectivity index (χ0) is 15.7. The molecule has 2 aromatic rings. The fourth-order valence-corrected chi connectivity index (χ4v) is 3.19. The summed E-state index contributed by atoms with van der Waals surface area (Å²) in [5.74, 6) is 0.000340. The van der Waals surface area contributed by atoms with E-state index in [2.05, 4.69) is 6.07 Å². The number of alkyl halides is 1. The fourth-order valence-electron chi connectivity index (χ4n) is 2.90. The van der Waals surface area contributed by atoms with Crippen LogP contribution < -0.4 is 4.90 Å². The summed E-state index contributed by atoms with van der Waals surface area (Å²) in [6.45, 7) is 1.84. The van der Waals surface area contributed by atoms with Crippen molar-refractivity contribution in [2.24, 2.45) is 0 Å². The summed E-state index contributed by atoms with van der Waals surface area (Å²) in [6, 6.07) is 13.8. The lowest BCUT2D eigenvalue weighted by molar-refractivity contribution is -0.117. The topological polar surface area (TPSA) is 20.3 Å². The molecule has 3 rings (SSSR count). The first-order valence-electron chi connectivity index (χ1n) is 7.39. The number of amides is 1. The molecule has 2 nitrogen and oxygen atoms in total. The zero-order valence-corrected chi connectivity index (χ0v) is 13.9. The van der Waals surface area contributed by atoms with E-state index in [-0.39, 0.29) is 11.3 Å². The number of aryl methyl sites for hydroxylation is 2. The maximum atomic E-state index is 12.8. The Bertz CT molecular complexity index is 712. The minimum atomic E-state index is -0.203. The molecule has 1 heterocycles. The summed E-state index contributed by atoms with van der Waals surface area (Å²) in [4.78, 5) is 14.6. The SMILES string of the molecule is CC(Cl)CC(=O)N1c2ccccc2CCc2ccc(Cl)cc21. The lowest BCUT2D eigenvalue weighted by Gasteiger charge is -2.25. The molecule has 114 valence electrons. The van der Waals surface area contributed by atoms with Crippen LogP contribution in [0.1, 0.15) is 24.5 Å². The quantitative estimate of drug-likeness (QED) is 0.698. The van der Waals surface area contributed by atoms with Gasteiger partial charge in [0.2, 0.25) is 5.91 Å². The van der Waals surface area contributed by atoms with Crippen molar-refractivity contribution in [2.45, 2.75) is 31.6 Å². The van der Waals surface area contributed by atoms with Gasteiger partial charge in [-0.05, 0) is 49.1 Å². The van der Waals surface area contributed by atoms with Crippen molar-refractivity contribution < 1.29 is 4.79 Å². The molecule has 1 unspecified atom stereocenters. The number of hydrogen-bond acceptors (Lipinski definition) is 1. The van der Waals surface area contributed by atoms with Gasteiger partial charge in [0.1, 0.15) is 0 Å². The van der Waals surface area contributed by atoms with Crippen molar-refractivity contribution in [2.75, 3.05) is 4.90 Å². The highest BCUT2D eigenvalue weighted by Gasteiger charge is 2.26. The largest absolute Gasteiger partial charge is 0.280 e. The normalized spacial score (nSPS) is 14.8. The lowest BCUT2D eigenvalue weighted by atomic mass is 10.0. The highest BCUT2D eigenvalue weighted by atomic mass is 35.5. The molecule has 0 spiro atoms. The molecule has 2 aromatic carbocycles. The minimum Gasteiger partial charge on any atom is -0.280 e. The Morgan fingerprint density at radius 2 is 1.82 bits per heavy atom. The summed E-state index contributed by atoms with van der Waals surface area (Å²) >= 11 is 12.2. The van der Waals surface area contributed by atoms with Crippen LogP contribution in [-0.4, -0.2) is 11.3 Å². The number of halogens is 2. The number of hydrogen-bond donors (Lipinski definition) is 0. The predicted octanol–water partition coefficient (Wildman–Crippen LogP) is 5.12. The Morgan fingerprint density at radius 3 is 2.55 bits per heavy atom. The van der Waals surface area contributed by atoms with E-state index in [1.807, 2.05) is 43.3 Å². The van der Waals surface area contributed by atoms with E-state index in [4.69, 9.17) is 23.2 Å². The number of anilines is 2. The van der Waals surface area contributed by atoms with Gasteiger partial charge in [-0.3, -0.25) is 9.69 Å². The Morgan fingerprint density at radius 1 is 1.14 bits per heavy atom. The molecule has 0 radical (unpaired) electrons. The molecule has 0 aromatic heterocycles. The van der Waals surface area contributed by atoms with E-state index < -0.39 is 0 Å². The minimum absolute atomic E-state index is 0.000340. The van der Waals surface area contributed by atoms with Crippen LogP contribution in [-0.2, 0) is 17.6 Å². The first-order chi connectivity index (χ1) is 10.6. The van der Waals surface area contributed by atoms with Gasteiger partial charge in [0, 0.05) is 16.8 Å². The van der Waals surface area contributed by atoms with Crippen LogP contribution in [0.3, 0.4) is 0 Å². The van der Waals surface area contributed by atoms with Gasteiger partial charge in [-0.25, -0.2) is 0 Å². The van der Waals surface area contributed by atoms with Crippen molar-refractivity contribution >= 4 is 40.5 Å². The molecule has 0 bridgehead atoms. The standard InChI is InChI=1S/C18H17Cl2NO/c1-12(19)10-18(22)21-16-5-3-2-4-13(16)6-7-14-8-9-15(20)11-17(14)21/h2-5,8-9,11-12H,6-7,10H2,1H3. The third-order valence-corrected chi connectivity index (χ3v) is 4.28. The molecule has 22 heavy (non-hydrogen) atoms. The Balaban J connectivity index is 2.16. The van der Waals surface area contributed by atoms with Crippen LogP contribution in [0.4, 0.5) is 11.4 Å². The van der Waals surface area contributed by atoms with Crippen molar-refractivity contribution in [3.8, 4) is 0 Å². The van der Waals surface area contributed by atoms with Gasteiger partial charge >= 0.3 is 0 Å². The second-order valence-electron chi connectivity index (χ2n) is 5.62. The lowest BCUT2D eigenvalue weighted by Crippen LogP contribution is -2.28. The summed E-state index contributed by atoms with van der Waals surface area (Å²) in [5, 5.41) is 0.431. The van der Waals surface area contributed by atoms with E-state index in [0.717, 1.165) is 29.8 Å². The molecule has 0 saturated carbocycles. The van der Waals surface area contributed by atoms with E-state index in [9.17, 15) is 4.79 Å². The molecular formula is C18H17Cl2NO. The average Bonchev–Trinajstić information content (AvgIpc) is 2.62. The van der Waals surface area contributed by atoms with Crippen LogP contribution >= 0.6 is 23.2 Å². The van der Waals surface area contributed by atoms with Crippen LogP contribution in [0.15, 0.2) is 42.5 Å². The zero-order valence-electron chi connectivity index (χ0n) is 12.4. The number of carbonyl (C=O) groups is 1. The summed E-state index contributed by atoms with van der Waals surface area (Å²) in [7, 11) is 0. The van der Waals surface area contributed by atoms with Gasteiger partial charge in [0.15, 0.2) is 0 Å². The molecule has 1 amide bonds. The van der Waals surface area contributed by atoms with Gasteiger partial charge in [0.25, 0.3) is 0 Å². The molecule has 0 N–H and O–H groups in total. The first kappa shape index (κ1) is 15.4. The van der Waals surface area contributed by atoms with E-state index >= 15 is 0 Å². The second kappa shape index (κ2) is 6.31. The van der Waals surface area contributed by atoms with Gasteiger partial charge in [0.05, 0.1) is 11.4 Å². The number of fused-ring (bicyclic) bond motifs is 2. The maximum absolute atomic E-state index is 12.8. The van der Waals surface area contributed by atoms with Crippen LogP contribution in [0.25, 0.3) is 0 Å². The fraction of sp³-hybridized carbons (Fsp3) is 0.278. The Kier molecular flexibility index (Phi) is 4.42. The molecule has 1 aliphatic heterocycles. The molecule has 0 fully saturated rings. The predicted molar refractivity (Wildman–Crippen MR) is 92.4 cm³/mol. The number of carbonyl (C=O) groups excluding carboxylic acids is 1. The van der Waals surface area contributed by atoms with E-state index in [0.29, 0.717) is 11.4 Å². The second-order valence-corrected chi connectivity index (χ2v) is 6.80. The molecule has 1 aliphatic rings. The summed E-state index contributed by atoms with van der Waals surface area (Å²) < 4.78 is 0. The van der Waals surface area contributed by atoms with Crippen LogP contribution in [0, 0.1) is 0 Å².